The summed E-state index contributed by atoms with van der Waals surface area (Å²) in [5.74, 6) is -1.47. The number of esters is 1. The van der Waals surface area contributed by atoms with Gasteiger partial charge in [-0.15, -0.1) is 11.3 Å². The maximum atomic E-state index is 12.2. The largest absolute Gasteiger partial charge is 0.448 e. The van der Waals surface area contributed by atoms with Crippen molar-refractivity contribution in [2.24, 2.45) is 0 Å². The van der Waals surface area contributed by atoms with Gasteiger partial charge in [0.1, 0.15) is 4.88 Å². The Bertz CT molecular complexity index is 806. The molecule has 6 nitrogen and oxygen atoms in total. The van der Waals surface area contributed by atoms with Gasteiger partial charge in [0.2, 0.25) is 0 Å². The molecule has 1 aromatic heterocycles. The van der Waals surface area contributed by atoms with Crippen molar-refractivity contribution in [1.29, 1.82) is 0 Å². The molecule has 2 N–H and O–H groups in total. The van der Waals surface area contributed by atoms with Gasteiger partial charge in [0.25, 0.3) is 5.91 Å². The molecule has 0 saturated heterocycles. The number of ether oxygens (including phenoxy) is 1. The van der Waals surface area contributed by atoms with Crippen LogP contribution in [0.5, 0.6) is 0 Å². The molecule has 3 amide bonds. The van der Waals surface area contributed by atoms with Crippen LogP contribution < -0.4 is 10.6 Å². The summed E-state index contributed by atoms with van der Waals surface area (Å²) in [6, 6.07) is 4.41. The highest BCUT2D eigenvalue weighted by atomic mass is 35.5. The average molecular weight is 389 g/mol. The lowest BCUT2D eigenvalue weighted by Gasteiger charge is -2.12. The van der Waals surface area contributed by atoms with Crippen LogP contribution in [0.15, 0.2) is 18.2 Å². The van der Waals surface area contributed by atoms with Crippen LogP contribution in [0.2, 0.25) is 10.0 Å². The second kappa shape index (κ2) is 7.83. The van der Waals surface area contributed by atoms with Gasteiger partial charge in [-0.3, -0.25) is 10.1 Å². The van der Waals surface area contributed by atoms with Gasteiger partial charge in [-0.05, 0) is 26.0 Å². The molecule has 24 heavy (non-hydrogen) atoms. The van der Waals surface area contributed by atoms with E-state index in [1.54, 1.807) is 25.1 Å². The summed E-state index contributed by atoms with van der Waals surface area (Å²) in [6.45, 7) is 3.45. The fourth-order valence-electron chi connectivity index (χ4n) is 1.86. The zero-order chi connectivity index (χ0) is 17.9. The van der Waals surface area contributed by atoms with E-state index in [0.717, 1.165) is 16.0 Å². The van der Waals surface area contributed by atoms with Gasteiger partial charge in [0.15, 0.2) is 6.10 Å². The molecule has 1 atom stereocenters. The van der Waals surface area contributed by atoms with Crippen LogP contribution in [0.25, 0.3) is 10.1 Å². The van der Waals surface area contributed by atoms with Gasteiger partial charge in [-0.1, -0.05) is 29.3 Å². The highest BCUT2D eigenvalue weighted by Crippen LogP contribution is 2.37. The van der Waals surface area contributed by atoms with E-state index in [4.69, 9.17) is 27.9 Å². The minimum atomic E-state index is -1.15. The predicted octanol–water partition coefficient (Wildman–Crippen LogP) is 3.60. The van der Waals surface area contributed by atoms with Gasteiger partial charge < -0.3 is 10.1 Å². The number of imide groups is 1. The predicted molar refractivity (Wildman–Crippen MR) is 93.9 cm³/mol. The number of halogens is 2. The normalized spacial score (nSPS) is 11.8. The second-order valence-corrected chi connectivity index (χ2v) is 6.65. The van der Waals surface area contributed by atoms with Crippen molar-refractivity contribution in [2.75, 3.05) is 6.54 Å². The molecule has 0 unspecified atom stereocenters. The highest BCUT2D eigenvalue weighted by Gasteiger charge is 2.24. The molecule has 0 bridgehead atoms. The maximum absolute atomic E-state index is 12.2. The van der Waals surface area contributed by atoms with Crippen molar-refractivity contribution in [2.45, 2.75) is 20.0 Å². The van der Waals surface area contributed by atoms with E-state index in [2.05, 4.69) is 10.6 Å². The van der Waals surface area contributed by atoms with Crippen LogP contribution >= 0.6 is 34.5 Å². The molecule has 0 aliphatic rings. The zero-order valence-corrected chi connectivity index (χ0v) is 15.1. The summed E-state index contributed by atoms with van der Waals surface area (Å²) in [7, 11) is 0. The smallest absolute Gasteiger partial charge is 0.350 e. The minimum Gasteiger partial charge on any atom is -0.448 e. The molecule has 9 heteroatoms. The Morgan fingerprint density at radius 1 is 1.29 bits per heavy atom. The van der Waals surface area contributed by atoms with E-state index in [0.29, 0.717) is 17.0 Å². The van der Waals surface area contributed by atoms with Crippen molar-refractivity contribution < 1.29 is 19.1 Å². The summed E-state index contributed by atoms with van der Waals surface area (Å²) in [6.07, 6.45) is -1.15. The molecule has 0 fully saturated rings. The number of thiophene rings is 1. The summed E-state index contributed by atoms with van der Waals surface area (Å²) >= 11 is 13.2. The number of nitrogens with one attached hydrogen (secondary N) is 2. The maximum Gasteiger partial charge on any atom is 0.350 e. The standard InChI is InChI=1S/C15H14Cl2N2O4S/c1-3-18-15(22)19-13(20)7(2)23-14(21)12-11(17)9-5-4-8(16)6-10(9)24-12/h4-7H,3H2,1-2H3,(H2,18,19,20,22)/t7-/m1/s1. The number of urea groups is 1. The first kappa shape index (κ1) is 18.5. The summed E-state index contributed by atoms with van der Waals surface area (Å²) in [5.41, 5.74) is 0. The molecule has 1 heterocycles. The first-order chi connectivity index (χ1) is 11.3. The van der Waals surface area contributed by atoms with Gasteiger partial charge in [-0.2, -0.15) is 0 Å². The third-order valence-electron chi connectivity index (χ3n) is 3.00. The lowest BCUT2D eigenvalue weighted by molar-refractivity contribution is -0.127. The van der Waals surface area contributed by atoms with Crippen molar-refractivity contribution in [3.05, 3.63) is 33.1 Å². The number of carbonyl (C=O) groups is 3. The van der Waals surface area contributed by atoms with Gasteiger partial charge >= 0.3 is 12.0 Å². The first-order valence-electron chi connectivity index (χ1n) is 7.00. The van der Waals surface area contributed by atoms with Gasteiger partial charge in [-0.25, -0.2) is 9.59 Å². The SMILES string of the molecule is CCNC(=O)NC(=O)[C@@H](C)OC(=O)c1sc2cc(Cl)ccc2c1Cl. The lowest BCUT2D eigenvalue weighted by atomic mass is 10.2. The Kier molecular flexibility index (Phi) is 6.04. The van der Waals surface area contributed by atoms with Crippen LogP contribution in [0, 0.1) is 0 Å². The lowest BCUT2D eigenvalue weighted by Crippen LogP contribution is -2.44. The number of benzene rings is 1. The molecule has 2 aromatic rings. The van der Waals surface area contributed by atoms with E-state index in [9.17, 15) is 14.4 Å². The number of amides is 3. The molecule has 0 aliphatic heterocycles. The van der Waals surface area contributed by atoms with Crippen LogP contribution in [0.4, 0.5) is 4.79 Å². The zero-order valence-electron chi connectivity index (χ0n) is 12.8. The van der Waals surface area contributed by atoms with Gasteiger partial charge in [0.05, 0.1) is 5.02 Å². The van der Waals surface area contributed by atoms with Crippen LogP contribution in [0.1, 0.15) is 23.5 Å². The van der Waals surface area contributed by atoms with Crippen molar-refractivity contribution in [1.82, 2.24) is 10.6 Å². The number of carbonyl (C=O) groups excluding carboxylic acids is 3. The molecule has 1 aromatic carbocycles. The van der Waals surface area contributed by atoms with E-state index in [1.807, 2.05) is 0 Å². The van der Waals surface area contributed by atoms with E-state index in [1.165, 1.54) is 6.92 Å². The summed E-state index contributed by atoms with van der Waals surface area (Å²) < 4.78 is 5.81. The molecule has 128 valence electrons. The minimum absolute atomic E-state index is 0.173. The molecule has 0 aliphatic carbocycles. The van der Waals surface area contributed by atoms with Gasteiger partial charge in [0, 0.05) is 21.7 Å². The number of rotatable bonds is 4. The summed E-state index contributed by atoms with van der Waals surface area (Å²) in [5, 5.41) is 5.92. The van der Waals surface area contributed by atoms with Crippen LogP contribution in [0.3, 0.4) is 0 Å². The molecule has 2 rings (SSSR count). The number of hydrogen-bond acceptors (Lipinski definition) is 5. The Hall–Kier alpha value is -1.83. The fourth-order valence-corrected chi connectivity index (χ4v) is 3.52. The fraction of sp³-hybridized carbons (Fsp3) is 0.267. The topological polar surface area (TPSA) is 84.5 Å². The van der Waals surface area contributed by atoms with E-state index >= 15 is 0 Å². The molecule has 0 radical (unpaired) electrons. The first-order valence-corrected chi connectivity index (χ1v) is 8.58. The molecule has 0 saturated carbocycles. The Balaban J connectivity index is 2.10. The Morgan fingerprint density at radius 3 is 2.67 bits per heavy atom. The highest BCUT2D eigenvalue weighted by molar-refractivity contribution is 7.21. The quantitative estimate of drug-likeness (QED) is 0.783. The molecular formula is C15H14Cl2N2O4S. The average Bonchev–Trinajstić information content (AvgIpc) is 2.83. The van der Waals surface area contributed by atoms with Crippen molar-refractivity contribution in [3.8, 4) is 0 Å². The van der Waals surface area contributed by atoms with Crippen LogP contribution in [-0.2, 0) is 9.53 Å². The monoisotopic (exact) mass is 388 g/mol. The van der Waals surface area contributed by atoms with Crippen LogP contribution in [-0.4, -0.2) is 30.6 Å². The number of hydrogen-bond donors (Lipinski definition) is 2. The van der Waals surface area contributed by atoms with Crippen molar-refractivity contribution in [3.63, 3.8) is 0 Å². The molecular weight excluding hydrogens is 375 g/mol. The Morgan fingerprint density at radius 2 is 2.00 bits per heavy atom. The van der Waals surface area contributed by atoms with Crippen molar-refractivity contribution >= 4 is 62.5 Å². The second-order valence-electron chi connectivity index (χ2n) is 4.78. The molecule has 0 spiro atoms. The Labute approximate surface area is 152 Å². The third-order valence-corrected chi connectivity index (χ3v) is 4.88. The summed E-state index contributed by atoms with van der Waals surface area (Å²) in [4.78, 5) is 35.5. The third kappa shape index (κ3) is 4.17. The van der Waals surface area contributed by atoms with E-state index in [-0.39, 0.29) is 9.90 Å². The number of fused-ring (bicyclic) bond motifs is 1. The van der Waals surface area contributed by atoms with E-state index < -0.39 is 24.0 Å².